The van der Waals surface area contributed by atoms with Crippen LogP contribution in [0.4, 0.5) is 10.5 Å². The van der Waals surface area contributed by atoms with Gasteiger partial charge in [0.2, 0.25) is 5.91 Å². The first-order chi connectivity index (χ1) is 12.1. The van der Waals surface area contributed by atoms with Gasteiger partial charge in [0.1, 0.15) is 0 Å². The molecular formula is C16H23N5O4. The molecule has 0 radical (unpaired) electrons. The van der Waals surface area contributed by atoms with Gasteiger partial charge in [-0.1, -0.05) is 0 Å². The minimum Gasteiger partial charge on any atom is -0.493 e. The SMILES string of the molecule is CCOc1ccc(NC(=NC)NCCN2C(=O)CNC2=O)cc1OC. The predicted molar refractivity (Wildman–Crippen MR) is 94.3 cm³/mol. The van der Waals surface area contributed by atoms with Crippen LogP contribution >= 0.6 is 0 Å². The molecule has 0 aliphatic carbocycles. The largest absolute Gasteiger partial charge is 0.493 e. The molecule has 0 atom stereocenters. The van der Waals surface area contributed by atoms with Crippen molar-refractivity contribution in [2.45, 2.75) is 6.92 Å². The molecule has 1 fully saturated rings. The van der Waals surface area contributed by atoms with Crippen LogP contribution in [0, 0.1) is 0 Å². The third kappa shape index (κ3) is 4.75. The first-order valence-electron chi connectivity index (χ1n) is 7.95. The van der Waals surface area contributed by atoms with Crippen molar-refractivity contribution in [3.63, 3.8) is 0 Å². The van der Waals surface area contributed by atoms with E-state index >= 15 is 0 Å². The maximum Gasteiger partial charge on any atom is 0.324 e. The fourth-order valence-corrected chi connectivity index (χ4v) is 2.30. The molecule has 25 heavy (non-hydrogen) atoms. The van der Waals surface area contributed by atoms with E-state index in [1.54, 1.807) is 20.2 Å². The van der Waals surface area contributed by atoms with Crippen LogP contribution in [0.2, 0.25) is 0 Å². The number of methoxy groups -OCH3 is 1. The van der Waals surface area contributed by atoms with Gasteiger partial charge in [0.25, 0.3) is 0 Å². The minimum absolute atomic E-state index is 0.0534. The molecule has 9 nitrogen and oxygen atoms in total. The van der Waals surface area contributed by atoms with E-state index in [0.717, 1.165) is 5.69 Å². The molecule has 136 valence electrons. The zero-order valence-corrected chi connectivity index (χ0v) is 14.6. The number of nitrogens with zero attached hydrogens (tertiary/aromatic N) is 2. The van der Waals surface area contributed by atoms with Crippen LogP contribution in [0.15, 0.2) is 23.2 Å². The van der Waals surface area contributed by atoms with Gasteiger partial charge in [-0.3, -0.25) is 14.7 Å². The Hall–Kier alpha value is -2.97. The molecule has 9 heteroatoms. The fourth-order valence-electron chi connectivity index (χ4n) is 2.30. The zero-order chi connectivity index (χ0) is 18.2. The van der Waals surface area contributed by atoms with E-state index in [1.165, 1.54) is 4.90 Å². The number of urea groups is 1. The summed E-state index contributed by atoms with van der Waals surface area (Å²) in [6.45, 7) is 3.15. The predicted octanol–water partition coefficient (Wildman–Crippen LogP) is 0.633. The molecule has 0 unspecified atom stereocenters. The minimum atomic E-state index is -0.369. The number of amides is 3. The Bertz CT molecular complexity index is 646. The quantitative estimate of drug-likeness (QED) is 0.379. The number of carbonyl (C=O) groups excluding carboxylic acids is 2. The number of imide groups is 1. The van der Waals surface area contributed by atoms with E-state index in [9.17, 15) is 9.59 Å². The molecule has 0 bridgehead atoms. The number of rotatable bonds is 7. The monoisotopic (exact) mass is 349 g/mol. The molecule has 1 aliphatic rings. The number of hydrogen-bond donors (Lipinski definition) is 3. The summed E-state index contributed by atoms with van der Waals surface area (Å²) in [7, 11) is 3.21. The molecule has 2 rings (SSSR count). The average molecular weight is 349 g/mol. The zero-order valence-electron chi connectivity index (χ0n) is 14.6. The lowest BCUT2D eigenvalue weighted by molar-refractivity contribution is -0.124. The first-order valence-corrected chi connectivity index (χ1v) is 7.95. The van der Waals surface area contributed by atoms with Crippen LogP contribution in [0.1, 0.15) is 6.92 Å². The number of benzene rings is 1. The van der Waals surface area contributed by atoms with E-state index in [-0.39, 0.29) is 25.0 Å². The highest BCUT2D eigenvalue weighted by Gasteiger charge is 2.27. The summed E-state index contributed by atoms with van der Waals surface area (Å²) in [5.74, 6) is 1.56. The van der Waals surface area contributed by atoms with Gasteiger partial charge in [0.15, 0.2) is 17.5 Å². The number of nitrogens with one attached hydrogen (secondary N) is 3. The molecule has 1 aromatic rings. The Kier molecular flexibility index (Phi) is 6.44. The topological polar surface area (TPSA) is 104 Å². The molecule has 1 aromatic carbocycles. The Morgan fingerprint density at radius 1 is 1.36 bits per heavy atom. The van der Waals surface area contributed by atoms with Gasteiger partial charge >= 0.3 is 6.03 Å². The highest BCUT2D eigenvalue weighted by Crippen LogP contribution is 2.30. The number of carbonyl (C=O) groups is 2. The smallest absolute Gasteiger partial charge is 0.324 e. The van der Waals surface area contributed by atoms with E-state index in [4.69, 9.17) is 9.47 Å². The van der Waals surface area contributed by atoms with Crippen molar-refractivity contribution < 1.29 is 19.1 Å². The van der Waals surface area contributed by atoms with Crippen molar-refractivity contribution in [3.05, 3.63) is 18.2 Å². The summed E-state index contributed by atoms with van der Waals surface area (Å²) in [5, 5.41) is 8.65. The second-order valence-corrected chi connectivity index (χ2v) is 5.13. The second kappa shape index (κ2) is 8.76. The summed E-state index contributed by atoms with van der Waals surface area (Å²) >= 11 is 0. The van der Waals surface area contributed by atoms with Gasteiger partial charge in [0.05, 0.1) is 20.3 Å². The van der Waals surface area contributed by atoms with E-state index in [0.29, 0.717) is 30.6 Å². The average Bonchev–Trinajstić information content (AvgIpc) is 2.94. The highest BCUT2D eigenvalue weighted by atomic mass is 16.5. The van der Waals surface area contributed by atoms with Gasteiger partial charge in [-0.15, -0.1) is 0 Å². The van der Waals surface area contributed by atoms with Gasteiger partial charge in [-0.05, 0) is 19.1 Å². The number of aliphatic imine (C=N–C) groups is 1. The third-order valence-corrected chi connectivity index (χ3v) is 3.51. The van der Waals surface area contributed by atoms with Gasteiger partial charge in [-0.25, -0.2) is 4.79 Å². The molecule has 0 spiro atoms. The molecule has 0 saturated carbocycles. The number of ether oxygens (including phenoxy) is 2. The van der Waals surface area contributed by atoms with Gasteiger partial charge in [0, 0.05) is 31.9 Å². The summed E-state index contributed by atoms with van der Waals surface area (Å²) in [5.41, 5.74) is 0.767. The van der Waals surface area contributed by atoms with Crippen LogP contribution in [-0.4, -0.2) is 63.2 Å². The lowest BCUT2D eigenvalue weighted by atomic mass is 10.2. The van der Waals surface area contributed by atoms with Gasteiger partial charge < -0.3 is 25.4 Å². The number of anilines is 1. The molecule has 0 aromatic heterocycles. The Morgan fingerprint density at radius 3 is 2.76 bits per heavy atom. The van der Waals surface area contributed by atoms with Crippen molar-refractivity contribution in [1.82, 2.24) is 15.5 Å². The summed E-state index contributed by atoms with van der Waals surface area (Å²) < 4.78 is 10.8. The van der Waals surface area contributed by atoms with Crippen molar-refractivity contribution in [2.75, 3.05) is 45.7 Å². The molecule has 1 aliphatic heterocycles. The molecule has 1 heterocycles. The van der Waals surface area contributed by atoms with Crippen LogP contribution in [-0.2, 0) is 4.79 Å². The Balaban J connectivity index is 1.91. The normalized spacial score (nSPS) is 14.4. The van der Waals surface area contributed by atoms with Gasteiger partial charge in [-0.2, -0.15) is 0 Å². The summed E-state index contributed by atoms with van der Waals surface area (Å²) in [6, 6.07) is 5.09. The van der Waals surface area contributed by atoms with E-state index < -0.39 is 0 Å². The van der Waals surface area contributed by atoms with E-state index in [1.807, 2.05) is 19.1 Å². The van der Waals surface area contributed by atoms with Crippen molar-refractivity contribution in [3.8, 4) is 11.5 Å². The van der Waals surface area contributed by atoms with Crippen LogP contribution in [0.25, 0.3) is 0 Å². The molecule has 1 saturated heterocycles. The van der Waals surface area contributed by atoms with Crippen LogP contribution < -0.4 is 25.4 Å². The lowest BCUT2D eigenvalue weighted by Crippen LogP contribution is -2.40. The third-order valence-electron chi connectivity index (χ3n) is 3.51. The van der Waals surface area contributed by atoms with Crippen molar-refractivity contribution >= 4 is 23.6 Å². The van der Waals surface area contributed by atoms with Crippen LogP contribution in [0.3, 0.4) is 0 Å². The second-order valence-electron chi connectivity index (χ2n) is 5.13. The summed E-state index contributed by atoms with van der Waals surface area (Å²) in [6.07, 6.45) is 0. The lowest BCUT2D eigenvalue weighted by Gasteiger charge is -2.16. The van der Waals surface area contributed by atoms with Crippen LogP contribution in [0.5, 0.6) is 11.5 Å². The standard InChI is InChI=1S/C16H23N5O4/c1-4-25-12-6-5-11(9-13(12)24-3)20-15(17-2)18-7-8-21-14(22)10-19-16(21)23/h5-6,9H,4,7-8,10H2,1-3H3,(H,19,23)(H2,17,18,20). The highest BCUT2D eigenvalue weighted by molar-refractivity contribution is 6.02. The maximum atomic E-state index is 11.5. The fraction of sp³-hybridized carbons (Fsp3) is 0.438. The molecule has 3 N–H and O–H groups in total. The number of guanidine groups is 1. The van der Waals surface area contributed by atoms with Crippen molar-refractivity contribution in [2.24, 2.45) is 4.99 Å². The Labute approximate surface area is 146 Å². The maximum absolute atomic E-state index is 11.5. The molecule has 3 amide bonds. The van der Waals surface area contributed by atoms with Crippen molar-refractivity contribution in [1.29, 1.82) is 0 Å². The summed E-state index contributed by atoms with van der Waals surface area (Å²) in [4.78, 5) is 28.3. The Morgan fingerprint density at radius 2 is 2.16 bits per heavy atom. The molecular weight excluding hydrogens is 326 g/mol. The number of hydrogen-bond acceptors (Lipinski definition) is 5. The first kappa shape index (κ1) is 18.4. The van der Waals surface area contributed by atoms with E-state index in [2.05, 4.69) is 20.9 Å².